The van der Waals surface area contributed by atoms with Gasteiger partial charge in [-0.25, -0.2) is 9.78 Å². The number of aromatic nitrogens is 1. The van der Waals surface area contributed by atoms with Crippen molar-refractivity contribution in [3.63, 3.8) is 0 Å². The van der Waals surface area contributed by atoms with Crippen LogP contribution in [0.1, 0.15) is 52.7 Å². The third kappa shape index (κ3) is 2.53. The molecule has 4 nitrogen and oxygen atoms in total. The third-order valence-corrected chi connectivity index (χ3v) is 5.15. The minimum absolute atomic E-state index is 0.172. The summed E-state index contributed by atoms with van der Waals surface area (Å²) in [4.78, 5) is 18.6. The zero-order valence-corrected chi connectivity index (χ0v) is 13.0. The second kappa shape index (κ2) is 5.48. The van der Waals surface area contributed by atoms with Crippen LogP contribution in [0.3, 0.4) is 0 Å². The van der Waals surface area contributed by atoms with Crippen molar-refractivity contribution in [2.75, 3.05) is 4.90 Å². The lowest BCUT2D eigenvalue weighted by Gasteiger charge is -2.13. The molecule has 0 aliphatic carbocycles. The van der Waals surface area contributed by atoms with E-state index in [0.29, 0.717) is 4.88 Å². The molecule has 0 radical (unpaired) electrons. The highest BCUT2D eigenvalue weighted by atomic mass is 32.1. The number of nitrogens with zero attached hydrogens (tertiary/aromatic N) is 2. The SMILES string of the molecule is CCC(C)c1nc(N2Cc3ccccc3C2)sc1C(=O)O. The molecule has 0 fully saturated rings. The van der Waals surface area contributed by atoms with Crippen molar-refractivity contribution >= 4 is 22.4 Å². The number of fused-ring (bicyclic) bond motifs is 1. The van der Waals surface area contributed by atoms with Crippen LogP contribution < -0.4 is 4.90 Å². The van der Waals surface area contributed by atoms with Crippen LogP contribution in [0.4, 0.5) is 5.13 Å². The van der Waals surface area contributed by atoms with E-state index in [1.54, 1.807) is 0 Å². The van der Waals surface area contributed by atoms with Crippen LogP contribution in [0.15, 0.2) is 24.3 Å². The van der Waals surface area contributed by atoms with Crippen molar-refractivity contribution in [2.45, 2.75) is 39.3 Å². The van der Waals surface area contributed by atoms with E-state index < -0.39 is 5.97 Å². The fraction of sp³-hybridized carbons (Fsp3) is 0.375. The molecule has 21 heavy (non-hydrogen) atoms. The van der Waals surface area contributed by atoms with E-state index in [1.165, 1.54) is 22.5 Å². The monoisotopic (exact) mass is 302 g/mol. The summed E-state index contributed by atoms with van der Waals surface area (Å²) >= 11 is 1.29. The van der Waals surface area contributed by atoms with Gasteiger partial charge in [-0.05, 0) is 23.5 Å². The Hall–Kier alpha value is -1.88. The smallest absolute Gasteiger partial charge is 0.347 e. The summed E-state index contributed by atoms with van der Waals surface area (Å²) in [5.41, 5.74) is 3.32. The second-order valence-corrected chi connectivity index (χ2v) is 6.43. The van der Waals surface area contributed by atoms with Crippen LogP contribution in [0, 0.1) is 0 Å². The van der Waals surface area contributed by atoms with Crippen LogP contribution in [0.25, 0.3) is 0 Å². The van der Waals surface area contributed by atoms with Gasteiger partial charge in [-0.2, -0.15) is 0 Å². The molecule has 1 aromatic carbocycles. The summed E-state index contributed by atoms with van der Waals surface area (Å²) in [7, 11) is 0. The number of hydrogen-bond donors (Lipinski definition) is 1. The molecule has 0 amide bonds. The number of benzene rings is 1. The normalized spacial score (nSPS) is 15.0. The van der Waals surface area contributed by atoms with Gasteiger partial charge in [-0.15, -0.1) is 0 Å². The Morgan fingerprint density at radius 1 is 1.38 bits per heavy atom. The number of rotatable bonds is 4. The zero-order valence-electron chi connectivity index (χ0n) is 12.2. The molecule has 2 aromatic rings. The van der Waals surface area contributed by atoms with E-state index in [2.05, 4.69) is 28.9 Å². The maximum atomic E-state index is 11.4. The van der Waals surface area contributed by atoms with Crippen molar-refractivity contribution in [2.24, 2.45) is 0 Å². The highest BCUT2D eigenvalue weighted by Gasteiger charge is 2.26. The molecule has 1 unspecified atom stereocenters. The van der Waals surface area contributed by atoms with Crippen LogP contribution in [0.5, 0.6) is 0 Å². The van der Waals surface area contributed by atoms with Gasteiger partial charge in [0.25, 0.3) is 0 Å². The van der Waals surface area contributed by atoms with Gasteiger partial charge in [0.15, 0.2) is 5.13 Å². The number of anilines is 1. The zero-order chi connectivity index (χ0) is 15.0. The molecule has 0 saturated heterocycles. The molecule has 3 rings (SSSR count). The summed E-state index contributed by atoms with van der Waals surface area (Å²) < 4.78 is 0. The summed E-state index contributed by atoms with van der Waals surface area (Å²) in [6.07, 6.45) is 0.893. The fourth-order valence-electron chi connectivity index (χ4n) is 2.60. The first-order chi connectivity index (χ1) is 10.1. The molecule has 110 valence electrons. The third-order valence-electron chi connectivity index (χ3n) is 4.03. The summed E-state index contributed by atoms with van der Waals surface area (Å²) in [6.45, 7) is 5.70. The van der Waals surface area contributed by atoms with Crippen LogP contribution >= 0.6 is 11.3 Å². The Bertz CT molecular complexity index is 656. The number of thiazole rings is 1. The van der Waals surface area contributed by atoms with E-state index in [0.717, 1.165) is 30.3 Å². The Kier molecular flexibility index (Phi) is 3.68. The molecular formula is C16H18N2O2S. The van der Waals surface area contributed by atoms with Gasteiger partial charge in [-0.3, -0.25) is 0 Å². The van der Waals surface area contributed by atoms with Gasteiger partial charge in [0.1, 0.15) is 4.88 Å². The van der Waals surface area contributed by atoms with Gasteiger partial charge in [0, 0.05) is 13.1 Å². The molecule has 1 aromatic heterocycles. The van der Waals surface area contributed by atoms with E-state index >= 15 is 0 Å². The maximum absolute atomic E-state index is 11.4. The Morgan fingerprint density at radius 3 is 2.52 bits per heavy atom. The van der Waals surface area contributed by atoms with E-state index in [1.807, 2.05) is 19.1 Å². The lowest BCUT2D eigenvalue weighted by molar-refractivity contribution is 0.0700. The Labute approximate surface area is 128 Å². The van der Waals surface area contributed by atoms with Crippen molar-refractivity contribution in [3.05, 3.63) is 46.0 Å². The van der Waals surface area contributed by atoms with Gasteiger partial charge >= 0.3 is 5.97 Å². The standard InChI is InChI=1S/C16H18N2O2S/c1-3-10(2)13-14(15(19)20)21-16(17-13)18-8-11-6-4-5-7-12(11)9-18/h4-7,10H,3,8-9H2,1-2H3,(H,19,20). The number of carboxylic acid groups (broad SMARTS) is 1. The first-order valence-corrected chi connectivity index (χ1v) is 7.97. The molecule has 1 N–H and O–H groups in total. The Morgan fingerprint density at radius 2 is 2.00 bits per heavy atom. The van der Waals surface area contributed by atoms with Gasteiger partial charge in [-0.1, -0.05) is 49.4 Å². The van der Waals surface area contributed by atoms with Crippen LogP contribution in [-0.2, 0) is 13.1 Å². The molecule has 5 heteroatoms. The summed E-state index contributed by atoms with van der Waals surface area (Å²) in [6, 6.07) is 8.32. The minimum atomic E-state index is -0.870. The Balaban J connectivity index is 1.93. The topological polar surface area (TPSA) is 53.4 Å². The molecule has 1 aliphatic heterocycles. The van der Waals surface area contributed by atoms with Crippen LogP contribution in [0.2, 0.25) is 0 Å². The average Bonchev–Trinajstić information content (AvgIpc) is 3.09. The van der Waals surface area contributed by atoms with E-state index in [9.17, 15) is 9.90 Å². The number of carboxylic acids is 1. The quantitative estimate of drug-likeness (QED) is 0.931. The number of aromatic carboxylic acids is 1. The highest BCUT2D eigenvalue weighted by molar-refractivity contribution is 7.17. The number of carbonyl (C=O) groups is 1. The molecule has 1 aliphatic rings. The van der Waals surface area contributed by atoms with E-state index in [4.69, 9.17) is 0 Å². The predicted molar refractivity (Wildman–Crippen MR) is 84.1 cm³/mol. The lowest BCUT2D eigenvalue weighted by atomic mass is 10.0. The molecule has 2 heterocycles. The van der Waals surface area contributed by atoms with Gasteiger partial charge in [0.05, 0.1) is 5.69 Å². The summed E-state index contributed by atoms with van der Waals surface area (Å²) in [5.74, 6) is -0.697. The van der Waals surface area contributed by atoms with Crippen molar-refractivity contribution < 1.29 is 9.90 Å². The summed E-state index contributed by atoms with van der Waals surface area (Å²) in [5, 5.41) is 10.2. The first kappa shape index (κ1) is 14.1. The minimum Gasteiger partial charge on any atom is -0.477 e. The molecule has 0 spiro atoms. The van der Waals surface area contributed by atoms with E-state index in [-0.39, 0.29) is 5.92 Å². The average molecular weight is 302 g/mol. The number of hydrogen-bond acceptors (Lipinski definition) is 4. The van der Waals surface area contributed by atoms with Crippen molar-refractivity contribution in [3.8, 4) is 0 Å². The highest BCUT2D eigenvalue weighted by Crippen LogP contribution is 2.36. The molecular weight excluding hydrogens is 284 g/mol. The second-order valence-electron chi connectivity index (χ2n) is 5.45. The predicted octanol–water partition coefficient (Wildman–Crippen LogP) is 3.88. The largest absolute Gasteiger partial charge is 0.477 e. The van der Waals surface area contributed by atoms with Gasteiger partial charge in [0.2, 0.25) is 0 Å². The molecule has 1 atom stereocenters. The van der Waals surface area contributed by atoms with Crippen molar-refractivity contribution in [1.82, 2.24) is 4.98 Å². The molecule has 0 saturated carbocycles. The van der Waals surface area contributed by atoms with Crippen LogP contribution in [-0.4, -0.2) is 16.1 Å². The maximum Gasteiger partial charge on any atom is 0.347 e. The fourth-order valence-corrected chi connectivity index (χ4v) is 3.63. The first-order valence-electron chi connectivity index (χ1n) is 7.16. The van der Waals surface area contributed by atoms with Crippen molar-refractivity contribution in [1.29, 1.82) is 0 Å². The lowest BCUT2D eigenvalue weighted by Crippen LogP contribution is -2.14. The van der Waals surface area contributed by atoms with Gasteiger partial charge < -0.3 is 10.0 Å². The molecule has 0 bridgehead atoms.